The Hall–Kier alpha value is -2.30. The molecule has 0 unspecified atom stereocenters. The van der Waals surface area contributed by atoms with Crippen LogP contribution in [0.1, 0.15) is 25.0 Å². The first-order chi connectivity index (χ1) is 14.0. The van der Waals surface area contributed by atoms with Crippen LogP contribution in [-0.2, 0) is 20.0 Å². The highest BCUT2D eigenvalue weighted by molar-refractivity contribution is 7.92. The maximum Gasteiger partial charge on any atom is 0.265 e. The maximum absolute atomic E-state index is 13.1. The van der Waals surface area contributed by atoms with E-state index in [-0.39, 0.29) is 21.2 Å². The molecule has 0 saturated heterocycles. The van der Waals surface area contributed by atoms with E-state index in [4.69, 9.17) is 9.47 Å². The summed E-state index contributed by atoms with van der Waals surface area (Å²) in [6, 6.07) is 7.32. The monoisotopic (exact) mass is 456 g/mol. The van der Waals surface area contributed by atoms with Crippen LogP contribution in [0.4, 0.5) is 5.69 Å². The minimum Gasteiger partial charge on any atom is -0.497 e. The van der Waals surface area contributed by atoms with Gasteiger partial charge in [0.2, 0.25) is 10.0 Å². The first kappa shape index (κ1) is 24.0. The van der Waals surface area contributed by atoms with E-state index >= 15 is 0 Å². The molecule has 10 heteroatoms. The minimum atomic E-state index is -4.08. The predicted octanol–water partition coefficient (Wildman–Crippen LogP) is 3.15. The second-order valence-electron chi connectivity index (χ2n) is 6.62. The van der Waals surface area contributed by atoms with Crippen LogP contribution in [0.15, 0.2) is 40.1 Å². The number of anilines is 1. The number of ether oxygens (including phenoxy) is 2. The van der Waals surface area contributed by atoms with Crippen LogP contribution in [-0.4, -0.2) is 48.4 Å². The van der Waals surface area contributed by atoms with E-state index in [9.17, 15) is 16.8 Å². The molecule has 0 bridgehead atoms. The van der Waals surface area contributed by atoms with Crippen molar-refractivity contribution in [1.29, 1.82) is 0 Å². The van der Waals surface area contributed by atoms with E-state index in [2.05, 4.69) is 4.72 Å². The van der Waals surface area contributed by atoms with E-state index in [0.717, 1.165) is 0 Å². The van der Waals surface area contributed by atoms with Gasteiger partial charge in [-0.15, -0.1) is 0 Å². The molecule has 2 aromatic carbocycles. The van der Waals surface area contributed by atoms with Crippen molar-refractivity contribution in [2.75, 3.05) is 32.0 Å². The summed E-state index contributed by atoms with van der Waals surface area (Å²) in [5, 5.41) is 0. The van der Waals surface area contributed by atoms with Crippen LogP contribution in [0.25, 0.3) is 0 Å². The predicted molar refractivity (Wildman–Crippen MR) is 116 cm³/mol. The SMILES string of the molecule is CCN(CC)S(=O)(=O)c1cc(C)c(C)c(NS(=O)(=O)c2cc(OC)ccc2OC)c1. The molecule has 0 radical (unpaired) electrons. The number of sulfonamides is 2. The van der Waals surface area contributed by atoms with Gasteiger partial charge in [-0.25, -0.2) is 16.8 Å². The Morgan fingerprint density at radius 2 is 1.57 bits per heavy atom. The third kappa shape index (κ3) is 4.71. The third-order valence-corrected chi connectivity index (χ3v) is 8.30. The molecule has 0 amide bonds. The molecule has 0 aliphatic carbocycles. The number of rotatable bonds is 9. The average molecular weight is 457 g/mol. The zero-order valence-corrected chi connectivity index (χ0v) is 19.6. The van der Waals surface area contributed by atoms with Gasteiger partial charge in [0, 0.05) is 19.2 Å². The highest BCUT2D eigenvalue weighted by atomic mass is 32.2. The van der Waals surface area contributed by atoms with E-state index in [1.54, 1.807) is 39.8 Å². The normalized spacial score (nSPS) is 12.1. The fourth-order valence-electron chi connectivity index (χ4n) is 2.99. The van der Waals surface area contributed by atoms with Gasteiger partial charge in [-0.3, -0.25) is 4.72 Å². The molecule has 30 heavy (non-hydrogen) atoms. The summed E-state index contributed by atoms with van der Waals surface area (Å²) in [6.45, 7) is 7.59. The van der Waals surface area contributed by atoms with E-state index in [1.807, 2.05) is 0 Å². The molecule has 0 spiro atoms. The number of nitrogens with zero attached hydrogens (tertiary/aromatic N) is 1. The summed E-state index contributed by atoms with van der Waals surface area (Å²) in [6.07, 6.45) is 0. The highest BCUT2D eigenvalue weighted by Gasteiger charge is 2.26. The second-order valence-corrected chi connectivity index (χ2v) is 10.2. The summed E-state index contributed by atoms with van der Waals surface area (Å²) in [4.78, 5) is -0.0805. The molecule has 0 saturated carbocycles. The van der Waals surface area contributed by atoms with Crippen LogP contribution < -0.4 is 14.2 Å². The zero-order chi connectivity index (χ0) is 22.7. The van der Waals surface area contributed by atoms with Gasteiger partial charge in [-0.1, -0.05) is 13.8 Å². The Kier molecular flexibility index (Phi) is 7.38. The first-order valence-corrected chi connectivity index (χ1v) is 12.3. The Bertz CT molecular complexity index is 1120. The molecule has 8 nitrogen and oxygen atoms in total. The zero-order valence-electron chi connectivity index (χ0n) is 18.0. The highest BCUT2D eigenvalue weighted by Crippen LogP contribution is 2.32. The molecule has 0 heterocycles. The average Bonchev–Trinajstić information content (AvgIpc) is 2.71. The summed E-state index contributed by atoms with van der Waals surface area (Å²) in [5.74, 6) is 0.492. The van der Waals surface area contributed by atoms with E-state index in [1.165, 1.54) is 36.7 Å². The molecule has 0 fully saturated rings. The lowest BCUT2D eigenvalue weighted by Gasteiger charge is -2.21. The first-order valence-electron chi connectivity index (χ1n) is 9.38. The van der Waals surface area contributed by atoms with Gasteiger partial charge in [0.05, 0.1) is 24.8 Å². The Morgan fingerprint density at radius 1 is 0.933 bits per heavy atom. The van der Waals surface area contributed by atoms with Crippen molar-refractivity contribution in [3.8, 4) is 11.5 Å². The number of hydrogen-bond donors (Lipinski definition) is 1. The van der Waals surface area contributed by atoms with Crippen LogP contribution in [0.3, 0.4) is 0 Å². The second kappa shape index (κ2) is 9.23. The lowest BCUT2D eigenvalue weighted by atomic mass is 10.1. The van der Waals surface area contributed by atoms with Crippen LogP contribution >= 0.6 is 0 Å². The smallest absolute Gasteiger partial charge is 0.265 e. The number of nitrogens with one attached hydrogen (secondary N) is 1. The summed E-state index contributed by atoms with van der Waals surface area (Å²) >= 11 is 0. The Labute approximate surface area is 178 Å². The number of aryl methyl sites for hydroxylation is 1. The number of hydrogen-bond acceptors (Lipinski definition) is 6. The lowest BCUT2D eigenvalue weighted by molar-refractivity contribution is 0.392. The molecule has 166 valence electrons. The molecular formula is C20H28N2O6S2. The number of benzene rings is 2. The molecule has 0 aliphatic heterocycles. The van der Waals surface area contributed by atoms with Crippen LogP contribution in [0, 0.1) is 13.8 Å². The quantitative estimate of drug-likeness (QED) is 0.622. The van der Waals surface area contributed by atoms with E-state index in [0.29, 0.717) is 30.0 Å². The topological polar surface area (TPSA) is 102 Å². The Balaban J connectivity index is 2.60. The fraction of sp³-hybridized carbons (Fsp3) is 0.400. The maximum atomic E-state index is 13.1. The van der Waals surface area contributed by atoms with Gasteiger partial charge in [0.1, 0.15) is 16.4 Å². The standard InChI is InChI=1S/C20H28N2O6S2/c1-7-22(8-2)30(25,26)17-11-14(3)15(4)18(13-17)21-29(23,24)20-12-16(27-5)9-10-19(20)28-6/h9-13,21H,7-8H2,1-6H3. The largest absolute Gasteiger partial charge is 0.497 e. The van der Waals surface area contributed by atoms with Crippen molar-refractivity contribution < 1.29 is 26.3 Å². The van der Waals surface area contributed by atoms with Crippen molar-refractivity contribution >= 4 is 25.7 Å². The van der Waals surface area contributed by atoms with Crippen LogP contribution in [0.5, 0.6) is 11.5 Å². The molecule has 0 aromatic heterocycles. The summed E-state index contributed by atoms with van der Waals surface area (Å²) in [5.41, 5.74) is 1.46. The molecular weight excluding hydrogens is 428 g/mol. The third-order valence-electron chi connectivity index (χ3n) is 4.89. The van der Waals surface area contributed by atoms with Gasteiger partial charge in [-0.05, 0) is 49.2 Å². The van der Waals surface area contributed by atoms with Crippen molar-refractivity contribution in [3.63, 3.8) is 0 Å². The van der Waals surface area contributed by atoms with Gasteiger partial charge in [0.15, 0.2) is 0 Å². The van der Waals surface area contributed by atoms with Crippen molar-refractivity contribution in [2.45, 2.75) is 37.5 Å². The summed E-state index contributed by atoms with van der Waals surface area (Å²) < 4.78 is 66.3. The minimum absolute atomic E-state index is 0.0320. The van der Waals surface area contributed by atoms with E-state index < -0.39 is 20.0 Å². The van der Waals surface area contributed by atoms with Crippen LogP contribution in [0.2, 0.25) is 0 Å². The summed E-state index contributed by atoms with van der Waals surface area (Å²) in [7, 11) is -5.04. The molecule has 0 atom stereocenters. The van der Waals surface area contributed by atoms with Crippen molar-refractivity contribution in [1.82, 2.24) is 4.31 Å². The molecule has 2 rings (SSSR count). The van der Waals surface area contributed by atoms with Crippen molar-refractivity contribution in [2.24, 2.45) is 0 Å². The molecule has 0 aliphatic rings. The van der Waals surface area contributed by atoms with Crippen molar-refractivity contribution in [3.05, 3.63) is 41.5 Å². The molecule has 1 N–H and O–H groups in total. The van der Waals surface area contributed by atoms with Gasteiger partial charge < -0.3 is 9.47 Å². The van der Waals surface area contributed by atoms with Gasteiger partial charge in [0.25, 0.3) is 10.0 Å². The van der Waals surface area contributed by atoms with Gasteiger partial charge in [-0.2, -0.15) is 4.31 Å². The lowest BCUT2D eigenvalue weighted by Crippen LogP contribution is -2.30. The van der Waals surface area contributed by atoms with Gasteiger partial charge >= 0.3 is 0 Å². The number of methoxy groups -OCH3 is 2. The fourth-order valence-corrected chi connectivity index (χ4v) is 5.86. The Morgan fingerprint density at radius 3 is 2.10 bits per heavy atom. The molecule has 2 aromatic rings.